The van der Waals surface area contributed by atoms with Gasteiger partial charge in [0.15, 0.2) is 5.75 Å². The SMILES string of the molecule is COc1c(Cl)ccc(Cl)c1S(=O)(=O)Cl. The number of hydrogen-bond acceptors (Lipinski definition) is 3. The molecule has 0 amide bonds. The average molecular weight is 276 g/mol. The number of benzene rings is 1. The topological polar surface area (TPSA) is 43.4 Å². The number of hydrogen-bond donors (Lipinski definition) is 0. The molecule has 1 aromatic carbocycles. The van der Waals surface area contributed by atoms with E-state index in [0.29, 0.717) is 0 Å². The first-order chi connectivity index (χ1) is 6.38. The summed E-state index contributed by atoms with van der Waals surface area (Å²) in [5.74, 6) is -0.0471. The maximum atomic E-state index is 11.1. The largest absolute Gasteiger partial charge is 0.494 e. The van der Waals surface area contributed by atoms with E-state index in [0.717, 1.165) is 0 Å². The van der Waals surface area contributed by atoms with E-state index in [9.17, 15) is 8.42 Å². The number of halogens is 3. The maximum absolute atomic E-state index is 11.1. The van der Waals surface area contributed by atoms with E-state index in [-0.39, 0.29) is 20.7 Å². The molecule has 3 nitrogen and oxygen atoms in total. The highest BCUT2D eigenvalue weighted by molar-refractivity contribution is 8.14. The third kappa shape index (κ3) is 2.25. The van der Waals surface area contributed by atoms with Gasteiger partial charge in [0.25, 0.3) is 9.05 Å². The number of rotatable bonds is 2. The van der Waals surface area contributed by atoms with Crippen molar-refractivity contribution in [3.63, 3.8) is 0 Å². The highest BCUT2D eigenvalue weighted by atomic mass is 35.7. The zero-order chi connectivity index (χ0) is 10.9. The van der Waals surface area contributed by atoms with Crippen molar-refractivity contribution >= 4 is 42.9 Å². The standard InChI is InChI=1S/C7H5Cl3O3S/c1-13-6-4(8)2-3-5(9)7(6)14(10,11)12/h2-3H,1H3. The number of ether oxygens (including phenoxy) is 1. The van der Waals surface area contributed by atoms with Gasteiger partial charge in [0, 0.05) is 10.7 Å². The first-order valence-electron chi connectivity index (χ1n) is 3.34. The van der Waals surface area contributed by atoms with Crippen LogP contribution in [0.1, 0.15) is 0 Å². The molecule has 14 heavy (non-hydrogen) atoms. The van der Waals surface area contributed by atoms with Crippen LogP contribution < -0.4 is 4.74 Å². The van der Waals surface area contributed by atoms with Crippen LogP contribution in [0.4, 0.5) is 0 Å². The van der Waals surface area contributed by atoms with Gasteiger partial charge in [0.1, 0.15) is 4.90 Å². The van der Waals surface area contributed by atoms with Gasteiger partial charge in [-0.15, -0.1) is 0 Å². The van der Waals surface area contributed by atoms with Gasteiger partial charge in [-0.25, -0.2) is 8.42 Å². The van der Waals surface area contributed by atoms with Gasteiger partial charge in [-0.05, 0) is 12.1 Å². The third-order valence-corrected chi connectivity index (χ3v) is 3.54. The van der Waals surface area contributed by atoms with Gasteiger partial charge >= 0.3 is 0 Å². The lowest BCUT2D eigenvalue weighted by Crippen LogP contribution is -1.97. The molecule has 0 radical (unpaired) electrons. The molecular weight excluding hydrogens is 270 g/mol. The lowest BCUT2D eigenvalue weighted by Gasteiger charge is -2.08. The summed E-state index contributed by atoms with van der Waals surface area (Å²) in [6.45, 7) is 0. The van der Waals surface area contributed by atoms with Gasteiger partial charge < -0.3 is 4.74 Å². The summed E-state index contributed by atoms with van der Waals surface area (Å²) in [5, 5.41) is 0.109. The second-order valence-corrected chi connectivity index (χ2v) is 5.65. The quantitative estimate of drug-likeness (QED) is 0.780. The molecule has 78 valence electrons. The highest BCUT2D eigenvalue weighted by Gasteiger charge is 2.22. The Morgan fingerprint density at radius 2 is 1.71 bits per heavy atom. The van der Waals surface area contributed by atoms with Gasteiger partial charge in [0.05, 0.1) is 17.2 Å². The van der Waals surface area contributed by atoms with Crippen LogP contribution in [-0.2, 0) is 9.05 Å². The predicted molar refractivity (Wildman–Crippen MR) is 56.1 cm³/mol. The molecule has 0 N–H and O–H groups in total. The van der Waals surface area contributed by atoms with Crippen LogP contribution >= 0.6 is 33.9 Å². The molecular formula is C7H5Cl3O3S. The van der Waals surface area contributed by atoms with Crippen molar-refractivity contribution in [2.45, 2.75) is 4.90 Å². The Bertz CT molecular complexity index is 455. The van der Waals surface area contributed by atoms with Crippen molar-refractivity contribution < 1.29 is 13.2 Å². The molecule has 0 heterocycles. The lowest BCUT2D eigenvalue weighted by atomic mass is 10.3. The van der Waals surface area contributed by atoms with E-state index >= 15 is 0 Å². The molecule has 0 saturated heterocycles. The molecule has 0 aliphatic carbocycles. The fourth-order valence-corrected chi connectivity index (χ4v) is 2.97. The average Bonchev–Trinajstić information content (AvgIpc) is 2.06. The van der Waals surface area contributed by atoms with E-state index in [4.69, 9.17) is 38.6 Å². The van der Waals surface area contributed by atoms with Gasteiger partial charge in [-0.3, -0.25) is 0 Å². The number of methoxy groups -OCH3 is 1. The fraction of sp³-hybridized carbons (Fsp3) is 0.143. The minimum atomic E-state index is -3.97. The van der Waals surface area contributed by atoms with E-state index in [1.807, 2.05) is 0 Å². The Hall–Kier alpha value is -0.160. The molecule has 0 aromatic heterocycles. The van der Waals surface area contributed by atoms with Crippen molar-refractivity contribution in [2.75, 3.05) is 7.11 Å². The minimum absolute atomic E-state index is 0.0266. The summed E-state index contributed by atoms with van der Waals surface area (Å²) in [6.07, 6.45) is 0. The summed E-state index contributed by atoms with van der Waals surface area (Å²) < 4.78 is 27.1. The molecule has 1 rings (SSSR count). The molecule has 7 heteroatoms. The molecule has 0 aliphatic rings. The van der Waals surface area contributed by atoms with Crippen LogP contribution in [0.25, 0.3) is 0 Å². The van der Waals surface area contributed by atoms with E-state index in [2.05, 4.69) is 0 Å². The summed E-state index contributed by atoms with van der Waals surface area (Å²) in [7, 11) is 2.48. The second kappa shape index (κ2) is 4.14. The Morgan fingerprint density at radius 3 is 2.07 bits per heavy atom. The first kappa shape index (κ1) is 11.9. The lowest BCUT2D eigenvalue weighted by molar-refractivity contribution is 0.403. The van der Waals surface area contributed by atoms with E-state index in [1.165, 1.54) is 19.2 Å². The van der Waals surface area contributed by atoms with Crippen molar-refractivity contribution in [3.8, 4) is 5.75 Å². The van der Waals surface area contributed by atoms with Crippen LogP contribution in [0.5, 0.6) is 5.75 Å². The summed E-state index contributed by atoms with van der Waals surface area (Å²) >= 11 is 11.4. The van der Waals surface area contributed by atoms with Crippen molar-refractivity contribution in [1.82, 2.24) is 0 Å². The molecule has 0 atom stereocenters. The summed E-state index contributed by atoms with van der Waals surface area (Å²) in [6, 6.07) is 2.76. The van der Waals surface area contributed by atoms with Crippen molar-refractivity contribution in [1.29, 1.82) is 0 Å². The molecule has 0 spiro atoms. The second-order valence-electron chi connectivity index (χ2n) is 2.33. The zero-order valence-corrected chi connectivity index (χ0v) is 10.0. The van der Waals surface area contributed by atoms with Crippen LogP contribution in [0.15, 0.2) is 17.0 Å². The zero-order valence-electron chi connectivity index (χ0n) is 6.92. The molecule has 0 bridgehead atoms. The minimum Gasteiger partial charge on any atom is -0.494 e. The van der Waals surface area contributed by atoms with Crippen molar-refractivity contribution in [2.24, 2.45) is 0 Å². The normalized spacial score (nSPS) is 11.4. The Balaban J connectivity index is 3.63. The van der Waals surface area contributed by atoms with Gasteiger partial charge in [0.2, 0.25) is 0 Å². The maximum Gasteiger partial charge on any atom is 0.266 e. The van der Waals surface area contributed by atoms with E-state index in [1.54, 1.807) is 0 Å². The smallest absolute Gasteiger partial charge is 0.266 e. The van der Waals surface area contributed by atoms with E-state index < -0.39 is 9.05 Å². The van der Waals surface area contributed by atoms with Gasteiger partial charge in [-0.1, -0.05) is 23.2 Å². The first-order valence-corrected chi connectivity index (χ1v) is 6.41. The molecule has 0 aliphatic heterocycles. The van der Waals surface area contributed by atoms with Crippen LogP contribution in [0.2, 0.25) is 10.0 Å². The summed E-state index contributed by atoms with van der Waals surface area (Å²) in [4.78, 5) is -0.309. The Kier molecular flexibility index (Phi) is 3.53. The fourth-order valence-electron chi connectivity index (χ4n) is 0.932. The van der Waals surface area contributed by atoms with Crippen LogP contribution in [0, 0.1) is 0 Å². The van der Waals surface area contributed by atoms with Crippen molar-refractivity contribution in [3.05, 3.63) is 22.2 Å². The summed E-state index contributed by atoms with van der Waals surface area (Å²) in [5.41, 5.74) is 0. The highest BCUT2D eigenvalue weighted by Crippen LogP contribution is 2.38. The Morgan fingerprint density at radius 1 is 1.21 bits per heavy atom. The predicted octanol–water partition coefficient (Wildman–Crippen LogP) is 2.93. The molecule has 0 saturated carbocycles. The van der Waals surface area contributed by atoms with Crippen LogP contribution in [-0.4, -0.2) is 15.5 Å². The molecule has 0 unspecified atom stereocenters. The third-order valence-electron chi connectivity index (χ3n) is 1.46. The Labute approximate surface area is 95.9 Å². The molecule has 0 fully saturated rings. The van der Waals surface area contributed by atoms with Crippen LogP contribution in [0.3, 0.4) is 0 Å². The molecule has 1 aromatic rings. The monoisotopic (exact) mass is 274 g/mol. The van der Waals surface area contributed by atoms with Gasteiger partial charge in [-0.2, -0.15) is 0 Å².